The quantitative estimate of drug-likeness (QED) is 0.872. The van der Waals surface area contributed by atoms with Gasteiger partial charge in [0.2, 0.25) is 0 Å². The van der Waals surface area contributed by atoms with Crippen LogP contribution >= 0.6 is 0 Å². The smallest absolute Gasteiger partial charge is 0.263 e. The summed E-state index contributed by atoms with van der Waals surface area (Å²) in [5.41, 5.74) is 0.923. The van der Waals surface area contributed by atoms with Gasteiger partial charge in [0.1, 0.15) is 5.56 Å². The molecule has 2 aromatic rings. The molecule has 5 rings (SSSR count). The van der Waals surface area contributed by atoms with Gasteiger partial charge in [0, 0.05) is 31.2 Å². The largest absolute Gasteiger partial charge is 0.385 e. The highest BCUT2D eigenvalue weighted by atomic mass is 16.3. The second-order valence-electron chi connectivity index (χ2n) is 9.08. The molecule has 0 spiro atoms. The third-order valence-corrected chi connectivity index (χ3v) is 7.23. The van der Waals surface area contributed by atoms with E-state index in [2.05, 4.69) is 0 Å². The highest BCUT2D eigenvalue weighted by Gasteiger charge is 2.50. The summed E-state index contributed by atoms with van der Waals surface area (Å²) < 4.78 is 1.73. The summed E-state index contributed by atoms with van der Waals surface area (Å²) in [6, 6.07) is 12.0. The molecule has 5 nitrogen and oxygen atoms in total. The highest BCUT2D eigenvalue weighted by Crippen LogP contribution is 2.48. The van der Waals surface area contributed by atoms with Gasteiger partial charge in [-0.15, -0.1) is 0 Å². The Morgan fingerprint density at radius 3 is 2.59 bits per heavy atom. The van der Waals surface area contributed by atoms with E-state index in [0.29, 0.717) is 18.7 Å². The summed E-state index contributed by atoms with van der Waals surface area (Å²) in [6.07, 6.45) is 6.53. The van der Waals surface area contributed by atoms with E-state index in [1.807, 2.05) is 54.4 Å². The van der Waals surface area contributed by atoms with Gasteiger partial charge in [-0.25, -0.2) is 0 Å². The van der Waals surface area contributed by atoms with Gasteiger partial charge in [-0.1, -0.05) is 30.3 Å². The minimum atomic E-state index is -0.904. The second-order valence-corrected chi connectivity index (χ2v) is 9.08. The van der Waals surface area contributed by atoms with Gasteiger partial charge in [0.25, 0.3) is 11.5 Å². The van der Waals surface area contributed by atoms with Crippen molar-refractivity contribution in [3.8, 4) is 0 Å². The van der Waals surface area contributed by atoms with Crippen molar-refractivity contribution in [2.45, 2.75) is 50.7 Å². The van der Waals surface area contributed by atoms with Crippen LogP contribution in [0.15, 0.2) is 47.4 Å². The van der Waals surface area contributed by atoms with Crippen LogP contribution in [-0.4, -0.2) is 33.6 Å². The number of hydrogen-bond acceptors (Lipinski definition) is 3. The lowest BCUT2D eigenvalue weighted by Crippen LogP contribution is -2.43. The first-order chi connectivity index (χ1) is 14.0. The monoisotopic (exact) mass is 392 g/mol. The highest BCUT2D eigenvalue weighted by molar-refractivity contribution is 5.95. The first-order valence-electron chi connectivity index (χ1n) is 10.8. The van der Waals surface area contributed by atoms with Gasteiger partial charge in [0.05, 0.1) is 5.60 Å². The average molecular weight is 392 g/mol. The first-order valence-corrected chi connectivity index (χ1v) is 10.8. The van der Waals surface area contributed by atoms with E-state index >= 15 is 0 Å². The van der Waals surface area contributed by atoms with E-state index < -0.39 is 5.60 Å². The molecule has 29 heavy (non-hydrogen) atoms. The summed E-state index contributed by atoms with van der Waals surface area (Å²) in [6.45, 7) is 2.97. The minimum Gasteiger partial charge on any atom is -0.385 e. The average Bonchev–Trinajstić information content (AvgIpc) is 3.46. The summed E-state index contributed by atoms with van der Waals surface area (Å²) in [5.74, 6) is 0.108. The number of pyridine rings is 1. The predicted molar refractivity (Wildman–Crippen MR) is 111 cm³/mol. The number of likely N-dealkylation sites (tertiary alicyclic amines) is 1. The Balaban J connectivity index is 1.45. The fourth-order valence-corrected chi connectivity index (χ4v) is 5.47. The molecule has 5 heteroatoms. The molecule has 0 bridgehead atoms. The molecule has 2 aliphatic carbocycles. The molecular formula is C24H28N2O3. The van der Waals surface area contributed by atoms with Crippen molar-refractivity contribution in [2.75, 3.05) is 13.1 Å². The standard InChI is InChI=1S/C24H28N2O3/c1-16-11-13-26(19-9-10-19)23(28)21(16)22(27)25-14-17-6-5-12-24(29,20(17)15-25)18-7-3-2-4-8-18/h2-4,7-8,11,13,17,19-20,29H,5-6,9-10,12,14-15H2,1H3/t17-,20+,24+/m0/s1. The summed E-state index contributed by atoms with van der Waals surface area (Å²) in [5, 5.41) is 11.6. The third kappa shape index (κ3) is 3.03. The minimum absolute atomic E-state index is 0.0114. The normalized spacial score (nSPS) is 29.0. The molecule has 0 radical (unpaired) electrons. The molecule has 1 aromatic heterocycles. The molecule has 1 N–H and O–H groups in total. The van der Waals surface area contributed by atoms with Crippen molar-refractivity contribution in [3.05, 3.63) is 69.6 Å². The van der Waals surface area contributed by atoms with Crippen molar-refractivity contribution in [3.63, 3.8) is 0 Å². The fraction of sp³-hybridized carbons (Fsp3) is 0.500. The Morgan fingerprint density at radius 1 is 1.10 bits per heavy atom. The third-order valence-electron chi connectivity index (χ3n) is 7.23. The Bertz CT molecular complexity index is 995. The number of carbonyl (C=O) groups excluding carboxylic acids is 1. The summed E-state index contributed by atoms with van der Waals surface area (Å²) >= 11 is 0. The molecule has 2 saturated carbocycles. The summed E-state index contributed by atoms with van der Waals surface area (Å²) in [4.78, 5) is 28.2. The van der Waals surface area contributed by atoms with E-state index in [1.165, 1.54) is 0 Å². The maximum absolute atomic E-state index is 13.4. The van der Waals surface area contributed by atoms with Crippen molar-refractivity contribution in [1.82, 2.24) is 9.47 Å². The van der Waals surface area contributed by atoms with Crippen LogP contribution < -0.4 is 5.56 Å². The van der Waals surface area contributed by atoms with E-state index in [1.54, 1.807) is 4.57 Å². The molecule has 3 fully saturated rings. The van der Waals surface area contributed by atoms with Crippen LogP contribution in [0.3, 0.4) is 0 Å². The van der Waals surface area contributed by atoms with Crippen LogP contribution in [0, 0.1) is 18.8 Å². The Hall–Kier alpha value is -2.40. The fourth-order valence-electron chi connectivity index (χ4n) is 5.47. The van der Waals surface area contributed by atoms with Gasteiger partial charge in [0.15, 0.2) is 0 Å². The lowest BCUT2D eigenvalue weighted by atomic mass is 9.67. The molecule has 3 aliphatic rings. The van der Waals surface area contributed by atoms with Crippen molar-refractivity contribution >= 4 is 5.91 Å². The zero-order valence-corrected chi connectivity index (χ0v) is 16.9. The number of aryl methyl sites for hydroxylation is 1. The molecule has 2 heterocycles. The predicted octanol–water partition coefficient (Wildman–Crippen LogP) is 3.25. The molecule has 1 saturated heterocycles. The molecule has 1 aliphatic heterocycles. The zero-order valence-electron chi connectivity index (χ0n) is 16.9. The van der Waals surface area contributed by atoms with E-state index in [0.717, 1.165) is 43.2 Å². The number of benzene rings is 1. The SMILES string of the molecule is Cc1ccn(C2CC2)c(=O)c1C(=O)N1C[C@@H]2CCC[C@@](O)(c3ccccc3)[C@@H]2C1. The number of rotatable bonds is 3. The maximum Gasteiger partial charge on any atom is 0.263 e. The Morgan fingerprint density at radius 2 is 1.86 bits per heavy atom. The molecule has 152 valence electrons. The molecular weight excluding hydrogens is 364 g/mol. The van der Waals surface area contributed by atoms with Gasteiger partial charge < -0.3 is 14.6 Å². The maximum atomic E-state index is 13.4. The van der Waals surface area contributed by atoms with Crippen LogP contribution in [-0.2, 0) is 5.60 Å². The number of fused-ring (bicyclic) bond motifs is 1. The number of amides is 1. The lowest BCUT2D eigenvalue weighted by Gasteiger charge is -2.41. The number of hydrogen-bond donors (Lipinski definition) is 1. The summed E-state index contributed by atoms with van der Waals surface area (Å²) in [7, 11) is 0. The van der Waals surface area contributed by atoms with Crippen LogP contribution in [0.2, 0.25) is 0 Å². The molecule has 0 unspecified atom stereocenters. The van der Waals surface area contributed by atoms with Crippen molar-refractivity contribution < 1.29 is 9.90 Å². The lowest BCUT2D eigenvalue weighted by molar-refractivity contribution is -0.0644. The van der Waals surface area contributed by atoms with Crippen LogP contribution in [0.4, 0.5) is 0 Å². The van der Waals surface area contributed by atoms with Gasteiger partial charge in [-0.2, -0.15) is 0 Å². The van der Waals surface area contributed by atoms with Gasteiger partial charge >= 0.3 is 0 Å². The topological polar surface area (TPSA) is 62.5 Å². The van der Waals surface area contributed by atoms with Crippen molar-refractivity contribution in [1.29, 1.82) is 0 Å². The van der Waals surface area contributed by atoms with E-state index in [9.17, 15) is 14.7 Å². The Labute approximate surface area is 171 Å². The van der Waals surface area contributed by atoms with E-state index in [4.69, 9.17) is 0 Å². The Kier molecular flexibility index (Phi) is 4.39. The number of aliphatic hydroxyl groups is 1. The molecule has 3 atom stereocenters. The van der Waals surface area contributed by atoms with Crippen LogP contribution in [0.5, 0.6) is 0 Å². The number of carbonyl (C=O) groups is 1. The zero-order chi connectivity index (χ0) is 20.2. The number of nitrogens with zero attached hydrogens (tertiary/aromatic N) is 2. The number of aromatic nitrogens is 1. The molecule has 1 aromatic carbocycles. The first kappa shape index (κ1) is 18.6. The molecule has 1 amide bonds. The van der Waals surface area contributed by atoms with Gasteiger partial charge in [-0.3, -0.25) is 9.59 Å². The van der Waals surface area contributed by atoms with E-state index in [-0.39, 0.29) is 29.3 Å². The van der Waals surface area contributed by atoms with Crippen LogP contribution in [0.1, 0.15) is 59.6 Å². The van der Waals surface area contributed by atoms with Crippen molar-refractivity contribution in [2.24, 2.45) is 11.8 Å². The van der Waals surface area contributed by atoms with Crippen LogP contribution in [0.25, 0.3) is 0 Å². The second kappa shape index (κ2) is 6.84. The van der Waals surface area contributed by atoms with Gasteiger partial charge in [-0.05, 0) is 62.1 Å².